The number of alkyl halides is 3. The molecule has 0 spiro atoms. The van der Waals surface area contributed by atoms with Gasteiger partial charge in [0.2, 0.25) is 0 Å². The molecule has 112 valence electrons. The summed E-state index contributed by atoms with van der Waals surface area (Å²) >= 11 is 0. The van der Waals surface area contributed by atoms with Gasteiger partial charge in [-0.25, -0.2) is 0 Å². The number of rotatable bonds is 2. The van der Waals surface area contributed by atoms with E-state index in [1.54, 1.807) is 18.4 Å². The van der Waals surface area contributed by atoms with E-state index in [-0.39, 0.29) is 5.92 Å². The molecule has 1 aromatic rings. The summed E-state index contributed by atoms with van der Waals surface area (Å²) in [4.78, 5) is 16.0. The summed E-state index contributed by atoms with van der Waals surface area (Å²) in [5, 5.41) is 5.92. The largest absolute Gasteiger partial charge is 0.420 e. The minimum Gasteiger partial charge on any atom is -0.320 e. The van der Waals surface area contributed by atoms with Crippen LogP contribution in [0.25, 0.3) is 0 Å². The van der Waals surface area contributed by atoms with E-state index in [1.165, 1.54) is 13.3 Å². The Bertz CT molecular complexity index is 640. The van der Waals surface area contributed by atoms with E-state index >= 15 is 0 Å². The molecular weight excluding hydrogens is 285 g/mol. The van der Waals surface area contributed by atoms with Gasteiger partial charge < -0.3 is 5.32 Å². The summed E-state index contributed by atoms with van der Waals surface area (Å²) in [5.41, 5.74) is -1.27. The molecule has 0 radical (unpaired) electrons. The Morgan fingerprint density at radius 1 is 1.43 bits per heavy atom. The SMILES string of the molecule is CC1C=CN=CC(NC(=O)c2c(C(F)(F)F)cnn2C)=C1. The van der Waals surface area contributed by atoms with E-state index in [0.29, 0.717) is 11.9 Å². The van der Waals surface area contributed by atoms with Crippen LogP contribution in [0.15, 0.2) is 35.2 Å². The zero-order chi connectivity index (χ0) is 15.6. The van der Waals surface area contributed by atoms with Crippen molar-refractivity contribution >= 4 is 12.1 Å². The molecule has 21 heavy (non-hydrogen) atoms. The van der Waals surface area contributed by atoms with Crippen molar-refractivity contribution in [1.29, 1.82) is 0 Å². The van der Waals surface area contributed by atoms with Gasteiger partial charge in [-0.1, -0.05) is 19.1 Å². The second-order valence-electron chi connectivity index (χ2n) is 4.58. The molecular formula is C13H13F3N4O. The van der Waals surface area contributed by atoms with Crippen LogP contribution in [0.3, 0.4) is 0 Å². The van der Waals surface area contributed by atoms with Crippen molar-refractivity contribution < 1.29 is 18.0 Å². The molecule has 0 aromatic carbocycles. The molecule has 8 heteroatoms. The maximum Gasteiger partial charge on any atom is 0.420 e. The second-order valence-corrected chi connectivity index (χ2v) is 4.58. The maximum absolute atomic E-state index is 12.8. The maximum atomic E-state index is 12.8. The third kappa shape index (κ3) is 3.39. The van der Waals surface area contributed by atoms with Crippen LogP contribution >= 0.6 is 0 Å². The van der Waals surface area contributed by atoms with Gasteiger partial charge in [-0.15, -0.1) is 0 Å². The number of hydrogen-bond donors (Lipinski definition) is 1. The molecule has 1 aromatic heterocycles. The van der Waals surface area contributed by atoms with Gasteiger partial charge in [0.25, 0.3) is 5.91 Å². The standard InChI is InChI=1S/C13H13F3N4O/c1-8-3-4-17-6-9(5-8)19-12(21)11-10(13(14,15)16)7-18-20(11)2/h3-8H,1-2H3,(H,19,21). The monoisotopic (exact) mass is 298 g/mol. The molecule has 1 atom stereocenters. The molecule has 0 saturated heterocycles. The highest BCUT2D eigenvalue weighted by atomic mass is 19.4. The van der Waals surface area contributed by atoms with E-state index in [4.69, 9.17) is 0 Å². The summed E-state index contributed by atoms with van der Waals surface area (Å²) in [7, 11) is 1.28. The Labute approximate surface area is 118 Å². The highest BCUT2D eigenvalue weighted by Crippen LogP contribution is 2.31. The number of carbonyl (C=O) groups excluding carboxylic acids is 1. The van der Waals surface area contributed by atoms with Crippen LogP contribution in [0.1, 0.15) is 23.0 Å². The van der Waals surface area contributed by atoms with Crippen LogP contribution in [-0.4, -0.2) is 21.9 Å². The first kappa shape index (κ1) is 15.0. The Balaban J connectivity index is 2.28. The predicted molar refractivity (Wildman–Crippen MR) is 70.6 cm³/mol. The van der Waals surface area contributed by atoms with Gasteiger partial charge in [-0.2, -0.15) is 18.3 Å². The van der Waals surface area contributed by atoms with Gasteiger partial charge >= 0.3 is 6.18 Å². The van der Waals surface area contributed by atoms with Crippen LogP contribution in [0, 0.1) is 5.92 Å². The molecule has 0 fully saturated rings. The topological polar surface area (TPSA) is 59.3 Å². The van der Waals surface area contributed by atoms with Crippen LogP contribution < -0.4 is 5.32 Å². The van der Waals surface area contributed by atoms with Crippen molar-refractivity contribution in [2.24, 2.45) is 18.0 Å². The molecule has 1 aliphatic heterocycles. The number of nitrogens with one attached hydrogen (secondary N) is 1. The summed E-state index contributed by atoms with van der Waals surface area (Å²) in [6.07, 6.45) is 2.42. The van der Waals surface area contributed by atoms with Gasteiger partial charge in [-0.3, -0.25) is 14.5 Å². The van der Waals surface area contributed by atoms with E-state index in [2.05, 4.69) is 15.4 Å². The fourth-order valence-electron chi connectivity index (χ4n) is 1.87. The molecule has 2 heterocycles. The fourth-order valence-corrected chi connectivity index (χ4v) is 1.87. The molecule has 1 aliphatic rings. The third-order valence-electron chi connectivity index (χ3n) is 2.85. The smallest absolute Gasteiger partial charge is 0.320 e. The van der Waals surface area contributed by atoms with Crippen LogP contribution in [0.5, 0.6) is 0 Å². The number of aryl methyl sites for hydroxylation is 1. The first-order valence-electron chi connectivity index (χ1n) is 6.11. The Hall–Kier alpha value is -2.38. The number of allylic oxidation sites excluding steroid dienone is 3. The van der Waals surface area contributed by atoms with Crippen molar-refractivity contribution in [2.75, 3.05) is 0 Å². The first-order chi connectivity index (χ1) is 9.79. The molecule has 0 saturated carbocycles. The number of hydrogen-bond acceptors (Lipinski definition) is 3. The molecule has 0 bridgehead atoms. The molecule has 0 aliphatic carbocycles. The summed E-state index contributed by atoms with van der Waals surface area (Å²) in [6, 6.07) is 0. The summed E-state index contributed by atoms with van der Waals surface area (Å²) in [5.74, 6) is -0.870. The van der Waals surface area contributed by atoms with Gasteiger partial charge in [0.15, 0.2) is 0 Å². The zero-order valence-corrected chi connectivity index (χ0v) is 11.3. The number of carbonyl (C=O) groups is 1. The lowest BCUT2D eigenvalue weighted by Gasteiger charge is -2.10. The van der Waals surface area contributed by atoms with E-state index in [1.807, 2.05) is 6.92 Å². The van der Waals surface area contributed by atoms with Crippen molar-refractivity contribution in [1.82, 2.24) is 15.1 Å². The predicted octanol–water partition coefficient (Wildman–Crippen LogP) is 2.29. The number of nitrogens with zero attached hydrogens (tertiary/aromatic N) is 3. The quantitative estimate of drug-likeness (QED) is 0.910. The van der Waals surface area contributed by atoms with Gasteiger partial charge in [0.05, 0.1) is 18.1 Å². The van der Waals surface area contributed by atoms with Crippen molar-refractivity contribution in [3.8, 4) is 0 Å². The third-order valence-corrected chi connectivity index (χ3v) is 2.85. The Morgan fingerprint density at radius 2 is 2.14 bits per heavy atom. The average Bonchev–Trinajstić information content (AvgIpc) is 2.65. The lowest BCUT2D eigenvalue weighted by atomic mass is 10.1. The lowest BCUT2D eigenvalue weighted by molar-refractivity contribution is -0.138. The Kier molecular flexibility index (Phi) is 3.97. The van der Waals surface area contributed by atoms with Gasteiger partial charge in [-0.05, 0) is 5.92 Å². The highest BCUT2D eigenvalue weighted by Gasteiger charge is 2.38. The lowest BCUT2D eigenvalue weighted by Crippen LogP contribution is -2.28. The number of aliphatic imine (C=N–C) groups is 1. The molecule has 2 rings (SSSR count). The van der Waals surface area contributed by atoms with Gasteiger partial charge in [0, 0.05) is 13.2 Å². The van der Waals surface area contributed by atoms with E-state index < -0.39 is 23.3 Å². The molecule has 1 N–H and O–H groups in total. The number of amides is 1. The van der Waals surface area contributed by atoms with Crippen molar-refractivity contribution in [3.05, 3.63) is 41.5 Å². The van der Waals surface area contributed by atoms with E-state index in [0.717, 1.165) is 4.68 Å². The highest BCUT2D eigenvalue weighted by molar-refractivity contribution is 5.98. The van der Waals surface area contributed by atoms with E-state index in [9.17, 15) is 18.0 Å². The summed E-state index contributed by atoms with van der Waals surface area (Å²) < 4.78 is 39.4. The zero-order valence-electron chi connectivity index (χ0n) is 11.3. The van der Waals surface area contributed by atoms with Crippen LogP contribution in [0.4, 0.5) is 13.2 Å². The normalized spacial score (nSPS) is 18.3. The molecule has 1 amide bonds. The number of aromatic nitrogens is 2. The minimum absolute atomic E-state index is 0.0106. The Morgan fingerprint density at radius 3 is 2.81 bits per heavy atom. The molecule has 1 unspecified atom stereocenters. The average molecular weight is 298 g/mol. The second kappa shape index (κ2) is 5.55. The number of halogens is 3. The summed E-state index contributed by atoms with van der Waals surface area (Å²) in [6.45, 7) is 1.86. The minimum atomic E-state index is -4.64. The van der Waals surface area contributed by atoms with Crippen molar-refractivity contribution in [2.45, 2.75) is 13.1 Å². The van der Waals surface area contributed by atoms with Gasteiger partial charge in [0.1, 0.15) is 11.3 Å². The van der Waals surface area contributed by atoms with Crippen LogP contribution in [-0.2, 0) is 13.2 Å². The molecule has 5 nitrogen and oxygen atoms in total. The van der Waals surface area contributed by atoms with Crippen molar-refractivity contribution in [3.63, 3.8) is 0 Å². The van der Waals surface area contributed by atoms with Crippen LogP contribution in [0.2, 0.25) is 0 Å². The fraction of sp³-hybridized carbons (Fsp3) is 0.308. The first-order valence-corrected chi connectivity index (χ1v) is 6.11.